The van der Waals surface area contributed by atoms with E-state index >= 15 is 0 Å². The van der Waals surface area contributed by atoms with Crippen LogP contribution in [0.4, 0.5) is 0 Å². The lowest BCUT2D eigenvalue weighted by atomic mass is 9.82. The summed E-state index contributed by atoms with van der Waals surface area (Å²) >= 11 is 3.86. The van der Waals surface area contributed by atoms with Crippen LogP contribution in [0.5, 0.6) is 0 Å². The zero-order chi connectivity index (χ0) is 23.6. The van der Waals surface area contributed by atoms with Crippen molar-refractivity contribution in [1.29, 1.82) is 0 Å². The maximum atomic E-state index is 5.02. The van der Waals surface area contributed by atoms with Gasteiger partial charge in [-0.1, -0.05) is 58.4 Å². The molecule has 0 aliphatic heterocycles. The molecule has 3 aromatic heterocycles. The zero-order valence-electron chi connectivity index (χ0n) is 20.5. The summed E-state index contributed by atoms with van der Waals surface area (Å²) in [7, 11) is 0. The van der Waals surface area contributed by atoms with Crippen LogP contribution in [0.15, 0.2) is 60.8 Å². The molecule has 0 saturated carbocycles. The van der Waals surface area contributed by atoms with Crippen LogP contribution in [0, 0.1) is 6.92 Å². The Morgan fingerprint density at radius 3 is 2.32 bits per heavy atom. The molecule has 0 amide bonds. The normalized spacial score (nSPS) is 12.5. The molecule has 170 valence electrons. The van der Waals surface area contributed by atoms with E-state index in [4.69, 9.17) is 4.98 Å². The number of benzene rings is 3. The van der Waals surface area contributed by atoms with Gasteiger partial charge in [0.15, 0.2) is 0 Å². The van der Waals surface area contributed by atoms with Crippen molar-refractivity contribution in [3.05, 3.63) is 76.8 Å². The second-order valence-corrected chi connectivity index (χ2v) is 12.6. The minimum Gasteiger partial charge on any atom is -0.256 e. The Balaban J connectivity index is 1.74. The molecule has 0 unspecified atom stereocenters. The van der Waals surface area contributed by atoms with Crippen molar-refractivity contribution in [2.24, 2.45) is 0 Å². The van der Waals surface area contributed by atoms with Gasteiger partial charge in [0.2, 0.25) is 0 Å². The van der Waals surface area contributed by atoms with Crippen LogP contribution < -0.4 is 0 Å². The number of rotatable bonds is 3. The van der Waals surface area contributed by atoms with Gasteiger partial charge in [-0.3, -0.25) is 4.98 Å². The Morgan fingerprint density at radius 2 is 1.56 bits per heavy atom. The lowest BCUT2D eigenvalue weighted by molar-refractivity contribution is 0.596. The van der Waals surface area contributed by atoms with Crippen LogP contribution >= 0.6 is 22.7 Å². The van der Waals surface area contributed by atoms with Crippen molar-refractivity contribution in [3.8, 4) is 11.3 Å². The number of fused-ring (bicyclic) bond motifs is 6. The summed E-state index contributed by atoms with van der Waals surface area (Å²) in [6.07, 6.45) is 4.32. The molecule has 0 aliphatic carbocycles. The Labute approximate surface area is 209 Å². The second-order valence-electron chi connectivity index (χ2n) is 10.3. The summed E-state index contributed by atoms with van der Waals surface area (Å²) in [4.78, 5) is 6.54. The average molecular weight is 480 g/mol. The number of hydrogen-bond donors (Lipinski definition) is 0. The number of pyridine rings is 1. The number of thiophene rings is 2. The highest BCUT2D eigenvalue weighted by Gasteiger charge is 2.22. The van der Waals surface area contributed by atoms with Crippen LogP contribution in [-0.4, -0.2) is 4.98 Å². The molecule has 0 atom stereocenters. The van der Waals surface area contributed by atoms with Gasteiger partial charge in [-0.25, -0.2) is 0 Å². The van der Waals surface area contributed by atoms with E-state index in [1.54, 1.807) is 0 Å². The van der Waals surface area contributed by atoms with Crippen LogP contribution in [0.2, 0.25) is 0 Å². The topological polar surface area (TPSA) is 12.9 Å². The highest BCUT2D eigenvalue weighted by Crippen LogP contribution is 2.46. The Hall–Kier alpha value is -2.75. The number of hydrogen-bond acceptors (Lipinski definition) is 3. The summed E-state index contributed by atoms with van der Waals surface area (Å²) in [6, 6.07) is 20.3. The first kappa shape index (κ1) is 21.8. The largest absolute Gasteiger partial charge is 0.256 e. The smallest absolute Gasteiger partial charge is 0.0795 e. The van der Waals surface area contributed by atoms with E-state index in [-0.39, 0.29) is 5.41 Å². The lowest BCUT2D eigenvalue weighted by Gasteiger charge is -2.23. The minimum atomic E-state index is 0.0481. The van der Waals surface area contributed by atoms with E-state index in [0.717, 1.165) is 12.1 Å². The predicted molar refractivity (Wildman–Crippen MR) is 153 cm³/mol. The van der Waals surface area contributed by atoms with Gasteiger partial charge in [0.1, 0.15) is 0 Å². The second kappa shape index (κ2) is 7.90. The molecule has 6 aromatic rings. The SMILES string of the molecule is CCCc1sc2ccc3sc4ccnc(-c5cc(C(C)(C)C)c6ccccc6c5)c4c3c2c1C. The molecular weight excluding hydrogens is 450 g/mol. The maximum Gasteiger partial charge on any atom is 0.0795 e. The fourth-order valence-electron chi connectivity index (χ4n) is 5.35. The zero-order valence-corrected chi connectivity index (χ0v) is 22.1. The minimum absolute atomic E-state index is 0.0481. The predicted octanol–water partition coefficient (Wildman–Crippen LogP) is 10.0. The van der Waals surface area contributed by atoms with Gasteiger partial charge in [-0.2, -0.15) is 0 Å². The number of aryl methyl sites for hydroxylation is 2. The molecular formula is C31H29NS2. The van der Waals surface area contributed by atoms with Crippen molar-refractivity contribution < 1.29 is 0 Å². The van der Waals surface area contributed by atoms with Crippen molar-refractivity contribution in [2.75, 3.05) is 0 Å². The molecule has 0 N–H and O–H groups in total. The molecule has 3 heteroatoms. The average Bonchev–Trinajstić information content (AvgIpc) is 3.35. The summed E-state index contributed by atoms with van der Waals surface area (Å²) in [6.45, 7) is 11.5. The van der Waals surface area contributed by atoms with Gasteiger partial charge >= 0.3 is 0 Å². The number of nitrogens with zero attached hydrogens (tertiary/aromatic N) is 1. The van der Waals surface area contributed by atoms with E-state index < -0.39 is 0 Å². The molecule has 0 fully saturated rings. The fourth-order valence-corrected chi connectivity index (χ4v) is 7.77. The molecule has 0 spiro atoms. The molecule has 0 saturated heterocycles. The summed E-state index contributed by atoms with van der Waals surface area (Å²) in [5.74, 6) is 0. The van der Waals surface area contributed by atoms with Gasteiger partial charge in [0, 0.05) is 46.9 Å². The highest BCUT2D eigenvalue weighted by molar-refractivity contribution is 7.26. The first-order chi connectivity index (χ1) is 16.4. The van der Waals surface area contributed by atoms with E-state index in [2.05, 4.69) is 89.2 Å². The van der Waals surface area contributed by atoms with E-state index in [1.165, 1.54) is 69.0 Å². The first-order valence-electron chi connectivity index (χ1n) is 12.1. The first-order valence-corrected chi connectivity index (χ1v) is 13.8. The van der Waals surface area contributed by atoms with Gasteiger partial charge in [-0.15, -0.1) is 22.7 Å². The Morgan fingerprint density at radius 1 is 0.824 bits per heavy atom. The van der Waals surface area contributed by atoms with Crippen LogP contribution in [0.3, 0.4) is 0 Å². The third kappa shape index (κ3) is 3.29. The molecule has 34 heavy (non-hydrogen) atoms. The quantitative estimate of drug-likeness (QED) is 0.246. The van der Waals surface area contributed by atoms with Gasteiger partial charge < -0.3 is 0 Å². The summed E-state index contributed by atoms with van der Waals surface area (Å²) in [5, 5.41) is 6.75. The molecule has 1 nitrogen and oxygen atoms in total. The third-order valence-corrected chi connectivity index (χ3v) is 9.40. The molecule has 3 heterocycles. The van der Waals surface area contributed by atoms with Gasteiger partial charge in [-0.05, 0) is 71.0 Å². The third-order valence-electron chi connectivity index (χ3n) is 6.96. The summed E-state index contributed by atoms with van der Waals surface area (Å²) < 4.78 is 4.08. The standard InChI is InChI=1S/C31H29NS2/c1-6-9-23-18(2)27-24(33-23)12-13-25-28(27)29-26(34-25)14-15-32-30(29)20-16-19-10-7-8-11-21(19)22(17-20)31(3,4)5/h7-8,10-17H,6,9H2,1-5H3. The highest BCUT2D eigenvalue weighted by atomic mass is 32.1. The maximum absolute atomic E-state index is 5.02. The molecule has 3 aromatic carbocycles. The Bertz CT molecular complexity index is 1710. The van der Waals surface area contributed by atoms with Crippen LogP contribution in [0.25, 0.3) is 52.3 Å². The molecule has 0 bridgehead atoms. The van der Waals surface area contributed by atoms with E-state index in [1.807, 2.05) is 28.9 Å². The van der Waals surface area contributed by atoms with E-state index in [9.17, 15) is 0 Å². The number of aromatic nitrogens is 1. The van der Waals surface area contributed by atoms with Gasteiger partial charge in [0.05, 0.1) is 5.69 Å². The summed E-state index contributed by atoms with van der Waals surface area (Å²) in [5.41, 5.74) is 5.20. The monoisotopic (exact) mass is 479 g/mol. The fraction of sp³-hybridized carbons (Fsp3) is 0.258. The van der Waals surface area contributed by atoms with Crippen molar-refractivity contribution >= 4 is 63.7 Å². The van der Waals surface area contributed by atoms with Gasteiger partial charge in [0.25, 0.3) is 0 Å². The van der Waals surface area contributed by atoms with Crippen LogP contribution in [0.1, 0.15) is 50.1 Å². The Kier molecular flexibility index (Phi) is 5.05. The van der Waals surface area contributed by atoms with Crippen molar-refractivity contribution in [1.82, 2.24) is 4.98 Å². The lowest BCUT2D eigenvalue weighted by Crippen LogP contribution is -2.12. The van der Waals surface area contributed by atoms with Crippen LogP contribution in [-0.2, 0) is 11.8 Å². The molecule has 0 radical (unpaired) electrons. The molecule has 6 rings (SSSR count). The van der Waals surface area contributed by atoms with Crippen molar-refractivity contribution in [3.63, 3.8) is 0 Å². The van der Waals surface area contributed by atoms with E-state index in [0.29, 0.717) is 0 Å². The van der Waals surface area contributed by atoms with Crippen molar-refractivity contribution in [2.45, 2.75) is 52.9 Å². The molecule has 0 aliphatic rings.